The number of amides is 1. The molecule has 0 bridgehead atoms. The van der Waals surface area contributed by atoms with Crippen LogP contribution >= 0.6 is 11.6 Å². The number of hydrogen-bond donors (Lipinski definition) is 2. The SMILES string of the molecule is CC(C)NC(=O)CS(=O)Cc1cc(N)ccc1Cl. The zero-order valence-electron chi connectivity index (χ0n) is 10.4. The predicted molar refractivity (Wildman–Crippen MR) is 75.9 cm³/mol. The number of halogens is 1. The highest BCUT2D eigenvalue weighted by molar-refractivity contribution is 7.84. The summed E-state index contributed by atoms with van der Waals surface area (Å²) >= 11 is 5.97. The molecular formula is C12H17ClN2O2S. The molecule has 0 radical (unpaired) electrons. The molecule has 0 aliphatic heterocycles. The van der Waals surface area contributed by atoms with E-state index in [0.717, 1.165) is 0 Å². The van der Waals surface area contributed by atoms with Gasteiger partial charge in [-0.05, 0) is 37.6 Å². The summed E-state index contributed by atoms with van der Waals surface area (Å²) in [6.07, 6.45) is 0. The molecule has 1 aromatic carbocycles. The summed E-state index contributed by atoms with van der Waals surface area (Å²) in [5.41, 5.74) is 6.90. The molecule has 18 heavy (non-hydrogen) atoms. The molecule has 0 spiro atoms. The van der Waals surface area contributed by atoms with Gasteiger partial charge in [-0.1, -0.05) is 11.6 Å². The van der Waals surface area contributed by atoms with Crippen molar-refractivity contribution in [3.63, 3.8) is 0 Å². The van der Waals surface area contributed by atoms with Gasteiger partial charge >= 0.3 is 0 Å². The zero-order chi connectivity index (χ0) is 13.7. The molecule has 0 aliphatic carbocycles. The van der Waals surface area contributed by atoms with Gasteiger partial charge in [-0.2, -0.15) is 0 Å². The molecule has 1 rings (SSSR count). The van der Waals surface area contributed by atoms with Crippen molar-refractivity contribution in [1.29, 1.82) is 0 Å². The minimum absolute atomic E-state index is 0.0245. The third kappa shape index (κ3) is 5.06. The highest BCUT2D eigenvalue weighted by Crippen LogP contribution is 2.20. The molecule has 0 saturated heterocycles. The van der Waals surface area contributed by atoms with Crippen LogP contribution in [0.3, 0.4) is 0 Å². The summed E-state index contributed by atoms with van der Waals surface area (Å²) in [7, 11) is -1.29. The second-order valence-electron chi connectivity index (χ2n) is 4.30. The second kappa shape index (κ2) is 6.75. The molecule has 1 unspecified atom stereocenters. The summed E-state index contributed by atoms with van der Waals surface area (Å²) in [5.74, 6) is -0.0121. The van der Waals surface area contributed by atoms with E-state index >= 15 is 0 Å². The fourth-order valence-electron chi connectivity index (χ4n) is 1.44. The Bertz CT molecular complexity index is 463. The Morgan fingerprint density at radius 2 is 2.17 bits per heavy atom. The highest BCUT2D eigenvalue weighted by atomic mass is 35.5. The lowest BCUT2D eigenvalue weighted by atomic mass is 10.2. The van der Waals surface area contributed by atoms with Crippen LogP contribution in [-0.2, 0) is 21.3 Å². The topological polar surface area (TPSA) is 72.2 Å². The molecule has 1 aromatic rings. The Kier molecular flexibility index (Phi) is 5.62. The third-order valence-electron chi connectivity index (χ3n) is 2.13. The number of anilines is 1. The summed E-state index contributed by atoms with van der Waals surface area (Å²) in [4.78, 5) is 11.4. The Morgan fingerprint density at radius 1 is 1.50 bits per heavy atom. The van der Waals surface area contributed by atoms with Gasteiger partial charge in [0.2, 0.25) is 5.91 Å². The minimum atomic E-state index is -1.29. The van der Waals surface area contributed by atoms with Crippen molar-refractivity contribution in [1.82, 2.24) is 5.32 Å². The van der Waals surface area contributed by atoms with Crippen LogP contribution in [0.15, 0.2) is 18.2 Å². The lowest BCUT2D eigenvalue weighted by Gasteiger charge is -2.09. The molecule has 4 nitrogen and oxygen atoms in total. The van der Waals surface area contributed by atoms with Crippen LogP contribution in [0.1, 0.15) is 19.4 Å². The Labute approximate surface area is 114 Å². The van der Waals surface area contributed by atoms with Crippen LogP contribution < -0.4 is 11.1 Å². The molecule has 100 valence electrons. The van der Waals surface area contributed by atoms with Gasteiger partial charge in [0.05, 0.1) is 5.75 Å². The van der Waals surface area contributed by atoms with Crippen LogP contribution in [-0.4, -0.2) is 21.9 Å². The Balaban J connectivity index is 2.59. The number of rotatable bonds is 5. The van der Waals surface area contributed by atoms with Gasteiger partial charge < -0.3 is 11.1 Å². The number of carbonyl (C=O) groups is 1. The van der Waals surface area contributed by atoms with E-state index in [1.54, 1.807) is 18.2 Å². The van der Waals surface area contributed by atoms with E-state index in [4.69, 9.17) is 17.3 Å². The van der Waals surface area contributed by atoms with Crippen LogP contribution in [0.25, 0.3) is 0 Å². The van der Waals surface area contributed by atoms with Crippen molar-refractivity contribution in [2.24, 2.45) is 0 Å². The van der Waals surface area contributed by atoms with Crippen molar-refractivity contribution in [3.8, 4) is 0 Å². The quantitative estimate of drug-likeness (QED) is 0.810. The fourth-order valence-corrected chi connectivity index (χ4v) is 2.77. The van der Waals surface area contributed by atoms with Gasteiger partial charge in [-0.25, -0.2) is 0 Å². The maximum Gasteiger partial charge on any atom is 0.232 e. The summed E-state index contributed by atoms with van der Waals surface area (Å²) in [5, 5.41) is 3.21. The van der Waals surface area contributed by atoms with Crippen LogP contribution in [0.5, 0.6) is 0 Å². The smallest absolute Gasteiger partial charge is 0.232 e. The number of nitrogens with one attached hydrogen (secondary N) is 1. The normalized spacial score (nSPS) is 12.4. The maximum atomic E-state index is 11.8. The number of nitrogen functional groups attached to an aromatic ring is 1. The largest absolute Gasteiger partial charge is 0.399 e. The van der Waals surface area contributed by atoms with Crippen molar-refractivity contribution in [2.75, 3.05) is 11.5 Å². The highest BCUT2D eigenvalue weighted by Gasteiger charge is 2.11. The van der Waals surface area contributed by atoms with Crippen molar-refractivity contribution < 1.29 is 9.00 Å². The van der Waals surface area contributed by atoms with E-state index in [9.17, 15) is 9.00 Å². The van der Waals surface area contributed by atoms with E-state index < -0.39 is 10.8 Å². The van der Waals surface area contributed by atoms with E-state index in [2.05, 4.69) is 5.32 Å². The molecule has 3 N–H and O–H groups in total. The first-order chi connectivity index (χ1) is 8.38. The molecule has 0 aromatic heterocycles. The zero-order valence-corrected chi connectivity index (χ0v) is 12.0. The first kappa shape index (κ1) is 15.0. The average molecular weight is 289 g/mol. The van der Waals surface area contributed by atoms with Crippen molar-refractivity contribution in [2.45, 2.75) is 25.6 Å². The monoisotopic (exact) mass is 288 g/mol. The summed E-state index contributed by atoms with van der Waals surface area (Å²) in [6.45, 7) is 3.71. The van der Waals surface area contributed by atoms with Crippen LogP contribution in [0.2, 0.25) is 5.02 Å². The molecule has 0 fully saturated rings. The number of hydrogen-bond acceptors (Lipinski definition) is 3. The van der Waals surface area contributed by atoms with E-state index in [1.807, 2.05) is 13.8 Å². The minimum Gasteiger partial charge on any atom is -0.399 e. The molecule has 1 amide bonds. The standard InChI is InChI=1S/C12H17ClN2O2S/c1-8(2)15-12(16)7-18(17)6-9-5-10(14)3-4-11(9)13/h3-5,8H,6-7,14H2,1-2H3,(H,15,16). The van der Waals surface area contributed by atoms with Crippen LogP contribution in [0, 0.1) is 0 Å². The second-order valence-corrected chi connectivity index (χ2v) is 6.17. The lowest BCUT2D eigenvalue weighted by molar-refractivity contribution is -0.119. The van der Waals surface area contributed by atoms with Crippen molar-refractivity contribution in [3.05, 3.63) is 28.8 Å². The average Bonchev–Trinajstić information content (AvgIpc) is 2.21. The molecule has 6 heteroatoms. The number of benzene rings is 1. The maximum absolute atomic E-state index is 11.8. The molecule has 0 aliphatic rings. The summed E-state index contributed by atoms with van der Waals surface area (Å²) < 4.78 is 11.8. The van der Waals surface area contributed by atoms with E-state index in [-0.39, 0.29) is 23.5 Å². The molecular weight excluding hydrogens is 272 g/mol. The van der Waals surface area contributed by atoms with Gasteiger partial charge in [0.25, 0.3) is 0 Å². The van der Waals surface area contributed by atoms with E-state index in [0.29, 0.717) is 16.3 Å². The first-order valence-electron chi connectivity index (χ1n) is 5.56. The predicted octanol–water partition coefficient (Wildman–Crippen LogP) is 1.70. The van der Waals surface area contributed by atoms with Gasteiger partial charge in [-0.15, -0.1) is 0 Å². The van der Waals surface area contributed by atoms with Crippen LogP contribution in [0.4, 0.5) is 5.69 Å². The van der Waals surface area contributed by atoms with Gasteiger partial charge in [0.15, 0.2) is 0 Å². The first-order valence-corrected chi connectivity index (χ1v) is 7.43. The number of nitrogens with two attached hydrogens (primary N) is 1. The Hall–Kier alpha value is -1.07. The molecule has 1 atom stereocenters. The summed E-state index contributed by atoms with van der Waals surface area (Å²) in [6, 6.07) is 5.07. The fraction of sp³-hybridized carbons (Fsp3) is 0.417. The lowest BCUT2D eigenvalue weighted by Crippen LogP contribution is -2.33. The Morgan fingerprint density at radius 3 is 2.78 bits per heavy atom. The van der Waals surface area contributed by atoms with Gasteiger partial charge in [0, 0.05) is 27.6 Å². The van der Waals surface area contributed by atoms with E-state index in [1.165, 1.54) is 0 Å². The third-order valence-corrected chi connectivity index (χ3v) is 3.71. The van der Waals surface area contributed by atoms with Gasteiger partial charge in [-0.3, -0.25) is 9.00 Å². The molecule has 0 saturated carbocycles. The van der Waals surface area contributed by atoms with Crippen molar-refractivity contribution >= 4 is 34.0 Å². The number of carbonyl (C=O) groups excluding carboxylic acids is 1. The van der Waals surface area contributed by atoms with Gasteiger partial charge in [0.1, 0.15) is 5.75 Å². The molecule has 0 heterocycles.